The monoisotopic (exact) mass is 547 g/mol. The molecule has 0 bridgehead atoms. The van der Waals surface area contributed by atoms with Gasteiger partial charge in [0.25, 0.3) is 5.78 Å². The van der Waals surface area contributed by atoms with Gasteiger partial charge in [0.05, 0.1) is 39.5 Å². The molecule has 9 heteroatoms. The predicted molar refractivity (Wildman–Crippen MR) is 150 cm³/mol. The Bertz CT molecular complexity index is 1620. The third-order valence-corrected chi connectivity index (χ3v) is 7.84. The topological polar surface area (TPSA) is 92.6 Å². The van der Waals surface area contributed by atoms with Gasteiger partial charge in [0.15, 0.2) is 5.13 Å². The van der Waals surface area contributed by atoms with Crippen LogP contribution in [0.15, 0.2) is 60.4 Å². The van der Waals surface area contributed by atoms with Crippen LogP contribution in [0, 0.1) is 6.92 Å². The summed E-state index contributed by atoms with van der Waals surface area (Å²) in [6.45, 7) is 8.20. The molecule has 1 N–H and O–H groups in total. The van der Waals surface area contributed by atoms with Gasteiger partial charge in [-0.2, -0.15) is 0 Å². The van der Waals surface area contributed by atoms with Crippen LogP contribution in [-0.4, -0.2) is 33.9 Å². The van der Waals surface area contributed by atoms with E-state index >= 15 is 0 Å². The van der Waals surface area contributed by atoms with Crippen LogP contribution < -0.4 is 9.64 Å². The summed E-state index contributed by atoms with van der Waals surface area (Å²) in [5.41, 5.74) is 3.24. The normalized spacial score (nSPS) is 17.4. The van der Waals surface area contributed by atoms with Crippen LogP contribution in [-0.2, 0) is 15.0 Å². The molecular weight excluding hydrogens is 522 g/mol. The number of benzene rings is 2. The number of aliphatic hydroxyl groups is 1. The van der Waals surface area contributed by atoms with Crippen LogP contribution in [0.25, 0.3) is 16.0 Å². The summed E-state index contributed by atoms with van der Waals surface area (Å²) < 4.78 is 6.34. The first kappa shape index (κ1) is 25.9. The molecule has 1 amide bonds. The van der Waals surface area contributed by atoms with E-state index in [1.807, 2.05) is 19.1 Å². The van der Waals surface area contributed by atoms with E-state index in [1.165, 1.54) is 23.3 Å². The number of ketones is 1. The molecule has 1 aliphatic heterocycles. The van der Waals surface area contributed by atoms with Crippen molar-refractivity contribution >= 4 is 55.7 Å². The number of amides is 1. The van der Waals surface area contributed by atoms with E-state index < -0.39 is 17.7 Å². The minimum atomic E-state index is -0.949. The lowest BCUT2D eigenvalue weighted by atomic mass is 9.87. The van der Waals surface area contributed by atoms with Gasteiger partial charge in [-0.25, -0.2) is 4.98 Å². The van der Waals surface area contributed by atoms with Gasteiger partial charge in [-0.1, -0.05) is 55.8 Å². The van der Waals surface area contributed by atoms with Gasteiger partial charge in [-0.05, 0) is 59.4 Å². The molecule has 1 unspecified atom stereocenters. The first-order chi connectivity index (χ1) is 18.0. The van der Waals surface area contributed by atoms with E-state index in [2.05, 4.69) is 31.8 Å². The zero-order chi connectivity index (χ0) is 27.4. The molecule has 7 nitrogen and oxygen atoms in total. The number of thiazole rings is 1. The second-order valence-corrected chi connectivity index (χ2v) is 11.6. The van der Waals surface area contributed by atoms with Crippen LogP contribution >= 0.6 is 22.9 Å². The fourth-order valence-corrected chi connectivity index (χ4v) is 6.00. The Morgan fingerprint density at radius 1 is 1.16 bits per heavy atom. The van der Waals surface area contributed by atoms with Gasteiger partial charge in [-0.3, -0.25) is 19.5 Å². The molecule has 1 atom stereocenters. The molecule has 4 aromatic rings. The van der Waals surface area contributed by atoms with Gasteiger partial charge in [0.2, 0.25) is 0 Å². The maximum Gasteiger partial charge on any atom is 0.301 e. The van der Waals surface area contributed by atoms with Crippen LogP contribution in [0.1, 0.15) is 49.1 Å². The zero-order valence-electron chi connectivity index (χ0n) is 21.6. The number of anilines is 1. The van der Waals surface area contributed by atoms with E-state index in [0.717, 1.165) is 21.3 Å². The first-order valence-corrected chi connectivity index (χ1v) is 13.2. The number of halogens is 1. The van der Waals surface area contributed by atoms with Crippen molar-refractivity contribution in [3.05, 3.63) is 87.7 Å². The van der Waals surface area contributed by atoms with Crippen molar-refractivity contribution < 1.29 is 19.4 Å². The van der Waals surface area contributed by atoms with E-state index in [9.17, 15) is 14.7 Å². The number of hydrogen-bond donors (Lipinski definition) is 1. The molecule has 1 saturated heterocycles. The lowest BCUT2D eigenvalue weighted by molar-refractivity contribution is -0.132. The second kappa shape index (κ2) is 9.53. The van der Waals surface area contributed by atoms with E-state index in [0.29, 0.717) is 10.7 Å². The number of Topliss-reactive ketones (excluding diaryl/α,β-unsaturated/α-hetero) is 1. The van der Waals surface area contributed by atoms with Crippen LogP contribution in [0.5, 0.6) is 5.75 Å². The third kappa shape index (κ3) is 4.33. The molecule has 0 radical (unpaired) electrons. The molecule has 194 valence electrons. The van der Waals surface area contributed by atoms with Gasteiger partial charge in [-0.15, -0.1) is 0 Å². The summed E-state index contributed by atoms with van der Waals surface area (Å²) >= 11 is 7.70. The lowest BCUT2D eigenvalue weighted by Gasteiger charge is -2.23. The van der Waals surface area contributed by atoms with Crippen molar-refractivity contribution in [2.24, 2.45) is 0 Å². The second-order valence-electron chi connectivity index (χ2n) is 10.2. The number of hydrogen-bond acceptors (Lipinski definition) is 7. The van der Waals surface area contributed by atoms with Crippen LogP contribution in [0.3, 0.4) is 0 Å². The summed E-state index contributed by atoms with van der Waals surface area (Å²) in [5, 5.41) is 12.2. The number of ether oxygens (including phenoxy) is 1. The van der Waals surface area contributed by atoms with E-state index in [-0.39, 0.29) is 33.1 Å². The van der Waals surface area contributed by atoms with Gasteiger partial charge >= 0.3 is 5.91 Å². The average molecular weight is 548 g/mol. The Balaban J connectivity index is 1.74. The van der Waals surface area contributed by atoms with Crippen molar-refractivity contribution in [3.8, 4) is 5.75 Å². The number of fused-ring (bicyclic) bond motifs is 1. The Morgan fingerprint density at radius 3 is 2.58 bits per heavy atom. The van der Waals surface area contributed by atoms with Crippen molar-refractivity contribution in [1.82, 2.24) is 9.97 Å². The van der Waals surface area contributed by atoms with E-state index in [4.69, 9.17) is 21.3 Å². The lowest BCUT2D eigenvalue weighted by Crippen LogP contribution is -2.29. The molecule has 2 aromatic carbocycles. The summed E-state index contributed by atoms with van der Waals surface area (Å²) in [4.78, 5) is 37.3. The maximum atomic E-state index is 13.5. The Kier molecular flexibility index (Phi) is 6.49. The SMILES string of the molecule is COc1c(Cl)cc(C)cc1/C(O)=C1\C(=O)C(=O)N(c2nc3ccc(C(C)(C)C)cc3s2)C1c1cccnc1. The molecule has 0 saturated carbocycles. The number of aliphatic hydroxyl groups excluding tert-OH is 1. The van der Waals surface area contributed by atoms with Gasteiger partial charge < -0.3 is 9.84 Å². The predicted octanol–water partition coefficient (Wildman–Crippen LogP) is 6.59. The molecule has 0 aliphatic carbocycles. The highest BCUT2D eigenvalue weighted by Crippen LogP contribution is 2.46. The minimum absolute atomic E-state index is 0.0636. The molecule has 1 fully saturated rings. The molecule has 38 heavy (non-hydrogen) atoms. The largest absolute Gasteiger partial charge is 0.507 e. The number of pyridine rings is 1. The quantitative estimate of drug-likeness (QED) is 0.176. The zero-order valence-corrected chi connectivity index (χ0v) is 23.1. The van der Waals surface area contributed by atoms with Crippen LogP contribution in [0.4, 0.5) is 5.13 Å². The highest BCUT2D eigenvalue weighted by atomic mass is 35.5. The Morgan fingerprint density at radius 2 is 1.92 bits per heavy atom. The molecule has 0 spiro atoms. The average Bonchev–Trinajstić information content (AvgIpc) is 3.41. The number of carbonyl (C=O) groups excluding carboxylic acids is 2. The summed E-state index contributed by atoms with van der Waals surface area (Å²) in [6, 6.07) is 11.9. The minimum Gasteiger partial charge on any atom is -0.507 e. The standard InChI is InChI=1S/C29H26ClN3O4S/c1-15-11-18(26(37-5)19(30)12-15)24(34)22-23(16-7-6-10-31-14-16)33(27(36)25(22)35)28-32-20-9-8-17(29(2,3)4)13-21(20)38-28/h6-14,23,34H,1-5H3/b24-22+. The molecule has 3 heterocycles. The highest BCUT2D eigenvalue weighted by molar-refractivity contribution is 7.22. The first-order valence-electron chi connectivity index (χ1n) is 12.0. The Hall–Kier alpha value is -3.75. The fourth-order valence-electron chi connectivity index (χ4n) is 4.62. The number of rotatable bonds is 4. The van der Waals surface area contributed by atoms with Crippen molar-refractivity contribution in [3.63, 3.8) is 0 Å². The van der Waals surface area contributed by atoms with Crippen molar-refractivity contribution in [2.45, 2.75) is 39.2 Å². The van der Waals surface area contributed by atoms with Crippen molar-refractivity contribution in [1.29, 1.82) is 0 Å². The number of carbonyl (C=O) groups is 2. The Labute approximate surface area is 229 Å². The maximum absolute atomic E-state index is 13.5. The van der Waals surface area contributed by atoms with Gasteiger partial charge in [0.1, 0.15) is 11.5 Å². The van der Waals surface area contributed by atoms with Gasteiger partial charge in [0, 0.05) is 12.4 Å². The van der Waals surface area contributed by atoms with Crippen molar-refractivity contribution in [2.75, 3.05) is 12.0 Å². The van der Waals surface area contributed by atoms with Crippen LogP contribution in [0.2, 0.25) is 5.02 Å². The smallest absolute Gasteiger partial charge is 0.301 e. The third-order valence-electron chi connectivity index (χ3n) is 6.54. The number of aryl methyl sites for hydroxylation is 1. The number of nitrogens with zero attached hydrogens (tertiary/aromatic N) is 3. The molecule has 5 rings (SSSR count). The number of aromatic nitrogens is 2. The summed E-state index contributed by atoms with van der Waals surface area (Å²) in [6.07, 6.45) is 3.17. The summed E-state index contributed by atoms with van der Waals surface area (Å²) in [5.74, 6) is -1.78. The molecule has 1 aliphatic rings. The fraction of sp³-hybridized carbons (Fsp3) is 0.241. The number of methoxy groups -OCH3 is 1. The van der Waals surface area contributed by atoms with E-state index in [1.54, 1.807) is 36.7 Å². The molecular formula is C29H26ClN3O4S. The summed E-state index contributed by atoms with van der Waals surface area (Å²) in [7, 11) is 1.43. The molecule has 2 aromatic heterocycles. The highest BCUT2D eigenvalue weighted by Gasteiger charge is 2.48.